The summed E-state index contributed by atoms with van der Waals surface area (Å²) in [6, 6.07) is 2.90. The molecule has 128 valence electrons. The highest BCUT2D eigenvalue weighted by molar-refractivity contribution is 5.52. The van der Waals surface area contributed by atoms with E-state index in [1.54, 1.807) is 6.33 Å². The van der Waals surface area contributed by atoms with Gasteiger partial charge in [-0.25, -0.2) is 9.97 Å². The van der Waals surface area contributed by atoms with Crippen molar-refractivity contribution in [3.05, 3.63) is 12.4 Å². The van der Waals surface area contributed by atoms with E-state index in [4.69, 9.17) is 0 Å². The summed E-state index contributed by atoms with van der Waals surface area (Å²) in [6.45, 7) is 9.20. The summed E-state index contributed by atoms with van der Waals surface area (Å²) in [5, 5.41) is 9.55. The Labute approximate surface area is 139 Å². The maximum absolute atomic E-state index is 9.55. The van der Waals surface area contributed by atoms with Crippen molar-refractivity contribution in [2.45, 2.75) is 65.0 Å². The molecule has 5 heteroatoms. The molecule has 0 amide bonds. The molecule has 0 spiro atoms. The minimum Gasteiger partial charge on any atom is -0.394 e. The van der Waals surface area contributed by atoms with Gasteiger partial charge in [0.1, 0.15) is 18.0 Å². The van der Waals surface area contributed by atoms with Gasteiger partial charge in [0.2, 0.25) is 0 Å². The smallest absolute Gasteiger partial charge is 0.134 e. The van der Waals surface area contributed by atoms with Crippen LogP contribution in [0.4, 0.5) is 11.6 Å². The third-order valence-electron chi connectivity index (χ3n) is 5.04. The zero-order valence-corrected chi connectivity index (χ0v) is 14.7. The fourth-order valence-electron chi connectivity index (χ4n) is 4.03. The Morgan fingerprint density at radius 1 is 1.04 bits per heavy atom. The van der Waals surface area contributed by atoms with E-state index in [-0.39, 0.29) is 12.6 Å². The summed E-state index contributed by atoms with van der Waals surface area (Å²) in [5.74, 6) is 2.01. The van der Waals surface area contributed by atoms with Gasteiger partial charge in [-0.3, -0.25) is 0 Å². The van der Waals surface area contributed by atoms with Gasteiger partial charge in [-0.15, -0.1) is 0 Å². The monoisotopic (exact) mass is 318 g/mol. The topological polar surface area (TPSA) is 52.5 Å². The van der Waals surface area contributed by atoms with Crippen LogP contribution in [0.1, 0.15) is 52.9 Å². The van der Waals surface area contributed by atoms with E-state index in [2.05, 4.69) is 46.6 Å². The fourth-order valence-corrected chi connectivity index (χ4v) is 4.03. The Morgan fingerprint density at radius 2 is 1.61 bits per heavy atom. The van der Waals surface area contributed by atoms with Crippen molar-refractivity contribution in [1.29, 1.82) is 0 Å². The van der Waals surface area contributed by atoms with Gasteiger partial charge in [-0.2, -0.15) is 0 Å². The summed E-state index contributed by atoms with van der Waals surface area (Å²) in [4.78, 5) is 13.7. The van der Waals surface area contributed by atoms with Gasteiger partial charge in [0.25, 0.3) is 0 Å². The van der Waals surface area contributed by atoms with Crippen LogP contribution in [0.15, 0.2) is 12.4 Å². The van der Waals surface area contributed by atoms with Crippen molar-refractivity contribution in [2.75, 3.05) is 29.5 Å². The summed E-state index contributed by atoms with van der Waals surface area (Å²) in [6.07, 6.45) is 7.54. The molecule has 2 fully saturated rings. The maximum atomic E-state index is 9.55. The van der Waals surface area contributed by atoms with Gasteiger partial charge >= 0.3 is 0 Å². The maximum Gasteiger partial charge on any atom is 0.134 e. The Bertz CT molecular complexity index is 528. The number of hydrogen-bond acceptors (Lipinski definition) is 5. The molecular weight excluding hydrogens is 288 g/mol. The quantitative estimate of drug-likeness (QED) is 0.925. The Balaban J connectivity index is 1.79. The normalized spacial score (nSPS) is 25.4. The second-order valence-electron chi connectivity index (χ2n) is 8.16. The lowest BCUT2D eigenvalue weighted by molar-refractivity contribution is 0.266. The van der Waals surface area contributed by atoms with Gasteiger partial charge in [0.15, 0.2) is 0 Å². The molecule has 2 aliphatic heterocycles. The van der Waals surface area contributed by atoms with E-state index in [0.29, 0.717) is 11.5 Å². The molecule has 23 heavy (non-hydrogen) atoms. The predicted octanol–water partition coefficient (Wildman–Crippen LogP) is 2.84. The molecule has 3 rings (SSSR count). The fraction of sp³-hybridized carbons (Fsp3) is 0.778. The van der Waals surface area contributed by atoms with E-state index < -0.39 is 0 Å². The van der Waals surface area contributed by atoms with Crippen LogP contribution in [0.2, 0.25) is 0 Å². The van der Waals surface area contributed by atoms with Crippen LogP contribution in [0.5, 0.6) is 0 Å². The number of aromatic nitrogens is 2. The minimum atomic E-state index is 0.204. The van der Waals surface area contributed by atoms with Crippen molar-refractivity contribution in [3.8, 4) is 0 Å². The van der Waals surface area contributed by atoms with Crippen LogP contribution in [0.25, 0.3) is 0 Å². The van der Waals surface area contributed by atoms with E-state index in [1.807, 2.05) is 0 Å². The van der Waals surface area contributed by atoms with Gasteiger partial charge in [-0.05, 0) is 37.5 Å². The molecule has 0 saturated carbocycles. The molecule has 5 nitrogen and oxygen atoms in total. The molecule has 3 heterocycles. The first kappa shape index (κ1) is 16.5. The number of anilines is 2. The molecule has 0 aliphatic carbocycles. The second-order valence-corrected chi connectivity index (χ2v) is 8.16. The molecule has 1 aromatic rings. The van der Waals surface area contributed by atoms with Crippen LogP contribution in [0, 0.1) is 5.41 Å². The Morgan fingerprint density at radius 3 is 2.17 bits per heavy atom. The number of aliphatic hydroxyl groups excluding tert-OH is 1. The molecule has 1 N–H and O–H groups in total. The minimum absolute atomic E-state index is 0.204. The van der Waals surface area contributed by atoms with Crippen molar-refractivity contribution < 1.29 is 5.11 Å². The van der Waals surface area contributed by atoms with Crippen molar-refractivity contribution >= 4 is 11.6 Å². The van der Waals surface area contributed by atoms with Crippen molar-refractivity contribution in [1.82, 2.24) is 9.97 Å². The van der Waals surface area contributed by atoms with Crippen LogP contribution in [-0.4, -0.2) is 46.9 Å². The average molecular weight is 318 g/mol. The first-order chi connectivity index (χ1) is 11.0. The average Bonchev–Trinajstić information content (AvgIpc) is 3.14. The third-order valence-corrected chi connectivity index (χ3v) is 5.04. The summed E-state index contributed by atoms with van der Waals surface area (Å²) < 4.78 is 0. The van der Waals surface area contributed by atoms with E-state index in [9.17, 15) is 5.11 Å². The SMILES string of the molecule is CC(C)(C)CC1CCCN1c1cc(N2CCCC2CO)ncn1. The number of rotatable bonds is 4. The van der Waals surface area contributed by atoms with Crippen molar-refractivity contribution in [3.63, 3.8) is 0 Å². The summed E-state index contributed by atoms with van der Waals surface area (Å²) >= 11 is 0. The first-order valence-electron chi connectivity index (χ1n) is 8.94. The highest BCUT2D eigenvalue weighted by atomic mass is 16.3. The third kappa shape index (κ3) is 3.77. The van der Waals surface area contributed by atoms with Gasteiger partial charge in [0.05, 0.1) is 12.6 Å². The van der Waals surface area contributed by atoms with Crippen LogP contribution in [-0.2, 0) is 0 Å². The molecule has 0 radical (unpaired) electrons. The van der Waals surface area contributed by atoms with Gasteiger partial charge < -0.3 is 14.9 Å². The number of nitrogens with zero attached hydrogens (tertiary/aromatic N) is 4. The Hall–Kier alpha value is -1.36. The van der Waals surface area contributed by atoms with Crippen LogP contribution < -0.4 is 9.80 Å². The summed E-state index contributed by atoms with van der Waals surface area (Å²) in [7, 11) is 0. The van der Waals surface area contributed by atoms with Crippen LogP contribution >= 0.6 is 0 Å². The van der Waals surface area contributed by atoms with Crippen molar-refractivity contribution in [2.24, 2.45) is 5.41 Å². The molecule has 2 saturated heterocycles. The molecule has 0 bridgehead atoms. The Kier molecular flexibility index (Phi) is 4.76. The van der Waals surface area contributed by atoms with Gasteiger partial charge in [0, 0.05) is 25.2 Å². The predicted molar refractivity (Wildman–Crippen MR) is 93.9 cm³/mol. The van der Waals surface area contributed by atoms with Crippen LogP contribution in [0.3, 0.4) is 0 Å². The van der Waals surface area contributed by atoms with E-state index >= 15 is 0 Å². The highest BCUT2D eigenvalue weighted by Crippen LogP contribution is 2.34. The summed E-state index contributed by atoms with van der Waals surface area (Å²) in [5.41, 5.74) is 0.333. The molecule has 2 aliphatic rings. The first-order valence-corrected chi connectivity index (χ1v) is 8.94. The van der Waals surface area contributed by atoms with Gasteiger partial charge in [-0.1, -0.05) is 20.8 Å². The zero-order chi connectivity index (χ0) is 16.4. The highest BCUT2D eigenvalue weighted by Gasteiger charge is 2.31. The number of hydrogen-bond donors (Lipinski definition) is 1. The largest absolute Gasteiger partial charge is 0.394 e. The lowest BCUT2D eigenvalue weighted by atomic mass is 9.87. The molecule has 0 aromatic carbocycles. The second kappa shape index (κ2) is 6.63. The molecule has 2 atom stereocenters. The van der Waals surface area contributed by atoms with E-state index in [1.165, 1.54) is 19.3 Å². The standard InChI is InChI=1S/C18H30N4O/c1-18(2,3)11-14-6-4-8-21(14)16-10-17(20-13-19-16)22-9-5-7-15(22)12-23/h10,13-15,23H,4-9,11-12H2,1-3H3. The lowest BCUT2D eigenvalue weighted by Gasteiger charge is -2.32. The number of aliphatic hydroxyl groups is 1. The molecule has 1 aromatic heterocycles. The lowest BCUT2D eigenvalue weighted by Crippen LogP contribution is -2.35. The van der Waals surface area contributed by atoms with E-state index in [0.717, 1.165) is 37.6 Å². The molecular formula is C18H30N4O. The zero-order valence-electron chi connectivity index (χ0n) is 14.7. The molecule has 2 unspecified atom stereocenters.